The van der Waals surface area contributed by atoms with E-state index in [1.165, 1.54) is 14.2 Å². The zero-order valence-corrected chi connectivity index (χ0v) is 15.5. The first-order chi connectivity index (χ1) is 12.4. The Morgan fingerprint density at radius 3 is 2.42 bits per heavy atom. The number of hydrogen-bond acceptors (Lipinski definition) is 5. The number of nitrogens with one attached hydrogen (secondary N) is 2. The number of carbonyl (C=O) groups excluding carboxylic acids is 1. The molecule has 0 aromatic heterocycles. The number of methoxy groups -OCH3 is 2. The summed E-state index contributed by atoms with van der Waals surface area (Å²) in [6, 6.07) is 14.2. The molecule has 2 aromatic carbocycles. The molecule has 0 atom stereocenters. The van der Waals surface area contributed by atoms with Crippen LogP contribution in [0.2, 0.25) is 0 Å². The zero-order valence-electron chi connectivity index (χ0n) is 14.7. The number of hydrogen-bond donors (Lipinski definition) is 2. The van der Waals surface area contributed by atoms with Gasteiger partial charge in [-0.15, -0.1) is 0 Å². The molecule has 2 N–H and O–H groups in total. The third kappa shape index (κ3) is 6.05. The maximum absolute atomic E-state index is 12.1. The van der Waals surface area contributed by atoms with Gasteiger partial charge in [-0.1, -0.05) is 30.3 Å². The van der Waals surface area contributed by atoms with E-state index >= 15 is 0 Å². The lowest BCUT2D eigenvalue weighted by atomic mass is 10.2. The first kappa shape index (κ1) is 19.7. The van der Waals surface area contributed by atoms with Crippen LogP contribution in [0.25, 0.3) is 0 Å². The highest BCUT2D eigenvalue weighted by molar-refractivity contribution is 7.89. The summed E-state index contributed by atoms with van der Waals surface area (Å²) in [6.45, 7) is -0.364. The number of carbonyl (C=O) groups is 1. The molecule has 0 fully saturated rings. The van der Waals surface area contributed by atoms with Crippen molar-refractivity contribution in [3.8, 4) is 11.5 Å². The van der Waals surface area contributed by atoms with Gasteiger partial charge in [0.15, 0.2) is 0 Å². The van der Waals surface area contributed by atoms with Gasteiger partial charge >= 0.3 is 0 Å². The van der Waals surface area contributed by atoms with Gasteiger partial charge in [0.2, 0.25) is 15.9 Å². The Morgan fingerprint density at radius 1 is 1.04 bits per heavy atom. The minimum atomic E-state index is -3.56. The van der Waals surface area contributed by atoms with Crippen molar-refractivity contribution in [1.29, 1.82) is 0 Å². The van der Waals surface area contributed by atoms with E-state index in [2.05, 4.69) is 10.0 Å². The number of sulfonamides is 1. The monoisotopic (exact) mass is 378 g/mol. The molecule has 2 aromatic rings. The van der Waals surface area contributed by atoms with Crippen LogP contribution in [0.1, 0.15) is 5.56 Å². The molecule has 140 valence electrons. The topological polar surface area (TPSA) is 93.7 Å². The highest BCUT2D eigenvalue weighted by atomic mass is 32.2. The summed E-state index contributed by atoms with van der Waals surface area (Å²) in [6.07, 6.45) is 0.376. The summed E-state index contributed by atoms with van der Waals surface area (Å²) in [5, 5.41) is 2.61. The molecule has 0 unspecified atom stereocenters. The van der Waals surface area contributed by atoms with Crippen molar-refractivity contribution in [3.05, 3.63) is 54.1 Å². The van der Waals surface area contributed by atoms with Crippen LogP contribution in [0, 0.1) is 0 Å². The predicted molar refractivity (Wildman–Crippen MR) is 100 cm³/mol. The third-order valence-corrected chi connectivity index (χ3v) is 4.96. The Kier molecular flexibility index (Phi) is 6.99. The Hall–Kier alpha value is -2.58. The molecule has 0 heterocycles. The van der Waals surface area contributed by atoms with Gasteiger partial charge in [-0.25, -0.2) is 13.1 Å². The minimum absolute atomic E-state index is 0.0905. The molecule has 0 aliphatic rings. The standard InChI is InChI=1S/C18H22N2O5S/c1-24-15-8-9-17(25-2)16(12-15)20-18(21)13-19-26(22,23)11-10-14-6-4-3-5-7-14/h3-9,12,19H,10-11,13H2,1-2H3,(H,20,21). The van der Waals surface area contributed by atoms with E-state index in [0.29, 0.717) is 23.6 Å². The second kappa shape index (κ2) is 9.21. The van der Waals surface area contributed by atoms with Gasteiger partial charge in [0, 0.05) is 6.07 Å². The molecule has 1 amide bonds. The van der Waals surface area contributed by atoms with E-state index in [0.717, 1.165) is 5.56 Å². The second-order valence-corrected chi connectivity index (χ2v) is 7.42. The normalized spacial score (nSPS) is 11.0. The fraction of sp³-hybridized carbons (Fsp3) is 0.278. The van der Waals surface area contributed by atoms with Crippen molar-refractivity contribution in [3.63, 3.8) is 0 Å². The molecule has 0 radical (unpaired) electrons. The highest BCUT2D eigenvalue weighted by Gasteiger charge is 2.14. The fourth-order valence-corrected chi connectivity index (χ4v) is 3.25. The van der Waals surface area contributed by atoms with E-state index in [9.17, 15) is 13.2 Å². The molecule has 0 aliphatic carbocycles. The third-order valence-electron chi connectivity index (χ3n) is 3.64. The number of benzene rings is 2. The molecule has 0 saturated heterocycles. The number of aryl methyl sites for hydroxylation is 1. The highest BCUT2D eigenvalue weighted by Crippen LogP contribution is 2.28. The van der Waals surface area contributed by atoms with E-state index in [4.69, 9.17) is 9.47 Å². The van der Waals surface area contributed by atoms with Crippen LogP contribution in [0.4, 0.5) is 5.69 Å². The summed E-state index contributed by atoms with van der Waals surface area (Å²) >= 11 is 0. The summed E-state index contributed by atoms with van der Waals surface area (Å²) < 4.78 is 36.7. The average Bonchev–Trinajstić information content (AvgIpc) is 2.66. The number of ether oxygens (including phenoxy) is 2. The molecule has 2 rings (SSSR count). The van der Waals surface area contributed by atoms with Crippen LogP contribution < -0.4 is 19.5 Å². The molecule has 0 aliphatic heterocycles. The van der Waals surface area contributed by atoms with Gasteiger partial charge in [-0.2, -0.15) is 0 Å². The molecule has 0 saturated carbocycles. The van der Waals surface area contributed by atoms with E-state index in [1.807, 2.05) is 30.3 Å². The van der Waals surface area contributed by atoms with Gasteiger partial charge in [-0.3, -0.25) is 4.79 Å². The van der Waals surface area contributed by atoms with Crippen LogP contribution in [0.5, 0.6) is 11.5 Å². The molecular weight excluding hydrogens is 356 g/mol. The van der Waals surface area contributed by atoms with Gasteiger partial charge in [-0.05, 0) is 24.1 Å². The van der Waals surface area contributed by atoms with Gasteiger partial charge in [0.05, 0.1) is 32.2 Å². The van der Waals surface area contributed by atoms with Crippen LogP contribution in [-0.4, -0.2) is 40.8 Å². The smallest absolute Gasteiger partial charge is 0.239 e. The van der Waals surface area contributed by atoms with Crippen molar-refractivity contribution in [1.82, 2.24) is 4.72 Å². The van der Waals surface area contributed by atoms with Crippen LogP contribution >= 0.6 is 0 Å². The molecule has 0 spiro atoms. The summed E-state index contributed by atoms with van der Waals surface area (Å²) in [7, 11) is -0.578. The minimum Gasteiger partial charge on any atom is -0.497 e. The first-order valence-electron chi connectivity index (χ1n) is 7.96. The lowest BCUT2D eigenvalue weighted by molar-refractivity contribution is -0.115. The fourth-order valence-electron chi connectivity index (χ4n) is 2.25. The number of amides is 1. The van der Waals surface area contributed by atoms with Crippen molar-refractivity contribution in [2.24, 2.45) is 0 Å². The van der Waals surface area contributed by atoms with Gasteiger partial charge < -0.3 is 14.8 Å². The summed E-state index contributed by atoms with van der Waals surface area (Å²) in [5.74, 6) is 0.405. The van der Waals surface area contributed by atoms with Crippen LogP contribution in [0.15, 0.2) is 48.5 Å². The molecular formula is C18H22N2O5S. The Labute approximate surface area is 153 Å². The van der Waals surface area contributed by atoms with Crippen LogP contribution in [-0.2, 0) is 21.2 Å². The zero-order chi connectivity index (χ0) is 19.0. The maximum atomic E-state index is 12.1. The SMILES string of the molecule is COc1ccc(OC)c(NC(=O)CNS(=O)(=O)CCc2ccccc2)c1. The van der Waals surface area contributed by atoms with E-state index in [-0.39, 0.29) is 12.3 Å². The van der Waals surface area contributed by atoms with Crippen molar-refractivity contribution < 1.29 is 22.7 Å². The van der Waals surface area contributed by atoms with Gasteiger partial charge in [0.25, 0.3) is 0 Å². The van der Waals surface area contributed by atoms with Gasteiger partial charge in [0.1, 0.15) is 11.5 Å². The number of rotatable bonds is 9. The van der Waals surface area contributed by atoms with Crippen LogP contribution in [0.3, 0.4) is 0 Å². The quantitative estimate of drug-likeness (QED) is 0.694. The largest absolute Gasteiger partial charge is 0.497 e. The average molecular weight is 378 g/mol. The van der Waals surface area contributed by atoms with Crippen molar-refractivity contribution >= 4 is 21.6 Å². The second-order valence-electron chi connectivity index (χ2n) is 5.49. The Bertz CT molecular complexity index is 838. The molecule has 7 nitrogen and oxygen atoms in total. The Balaban J connectivity index is 1.89. The predicted octanol–water partition coefficient (Wildman–Crippen LogP) is 1.80. The summed E-state index contributed by atoms with van der Waals surface area (Å²) in [4.78, 5) is 12.1. The van der Waals surface area contributed by atoms with E-state index < -0.39 is 15.9 Å². The molecule has 0 bridgehead atoms. The van der Waals surface area contributed by atoms with Crippen molar-refractivity contribution in [2.75, 3.05) is 31.8 Å². The molecule has 26 heavy (non-hydrogen) atoms. The summed E-state index contributed by atoms with van der Waals surface area (Å²) in [5.41, 5.74) is 1.32. The first-order valence-corrected chi connectivity index (χ1v) is 9.62. The lowest BCUT2D eigenvalue weighted by Gasteiger charge is -2.12. The van der Waals surface area contributed by atoms with E-state index in [1.54, 1.807) is 18.2 Å². The maximum Gasteiger partial charge on any atom is 0.239 e. The lowest BCUT2D eigenvalue weighted by Crippen LogP contribution is -2.34. The number of anilines is 1. The molecule has 8 heteroatoms. The van der Waals surface area contributed by atoms with Crippen molar-refractivity contribution in [2.45, 2.75) is 6.42 Å². The Morgan fingerprint density at radius 2 is 1.77 bits per heavy atom.